The summed E-state index contributed by atoms with van der Waals surface area (Å²) in [5, 5.41) is 0. The number of anilines is 1. The minimum Gasteiger partial charge on any atom is -0.345 e. The third kappa shape index (κ3) is 3.47. The zero-order valence-corrected chi connectivity index (χ0v) is 8.55. The fourth-order valence-corrected chi connectivity index (χ4v) is 1.33. The maximum atomic E-state index is 12.2. The van der Waals surface area contributed by atoms with E-state index < -0.39 is 18.5 Å². The van der Waals surface area contributed by atoms with Gasteiger partial charge in [0, 0.05) is 24.8 Å². The molecule has 0 aliphatic rings. The minimum atomic E-state index is -2.53. The lowest BCUT2D eigenvalue weighted by molar-refractivity contribution is 0.155. The average Bonchev–Trinajstić information content (AvgIpc) is 2.17. The maximum absolute atomic E-state index is 12.2. The fraction of sp³-hybridized carbons (Fsp3) is 0.500. The number of hydrogen-bond donors (Lipinski definition) is 1. The van der Waals surface area contributed by atoms with Crippen molar-refractivity contribution in [3.63, 3.8) is 0 Å². The molecule has 0 aromatic carbocycles. The summed E-state index contributed by atoms with van der Waals surface area (Å²) in [6, 6.07) is 0. The molecule has 0 aliphatic heterocycles. The van der Waals surface area contributed by atoms with Gasteiger partial charge in [0.2, 0.25) is 0 Å². The number of nitrogens with zero attached hydrogens (tertiary/aromatic N) is 2. The van der Waals surface area contributed by atoms with E-state index in [-0.39, 0.29) is 18.2 Å². The van der Waals surface area contributed by atoms with Gasteiger partial charge < -0.3 is 9.88 Å². The predicted molar refractivity (Wildman–Crippen MR) is 53.8 cm³/mol. The van der Waals surface area contributed by atoms with Gasteiger partial charge in [-0.25, -0.2) is 13.8 Å². The van der Waals surface area contributed by atoms with Crippen LogP contribution in [0.2, 0.25) is 0 Å². The maximum Gasteiger partial charge on any atom is 0.290 e. The molecule has 0 unspecified atom stereocenters. The average molecular weight is 238 g/mol. The molecule has 0 atom stereocenters. The first-order chi connectivity index (χ1) is 7.15. The number of H-pyrrole nitrogens is 1. The minimum absolute atomic E-state index is 0.0292. The van der Waals surface area contributed by atoms with Crippen LogP contribution in [0.4, 0.5) is 14.6 Å². The standard InChI is InChI=1S/C8H10ClF2N3O/c9-1-4-14(5-6(10)11)7-8(15)13-3-2-12-7/h2-3,6H,1,4-5H2,(H,13,15). The largest absolute Gasteiger partial charge is 0.345 e. The van der Waals surface area contributed by atoms with Gasteiger partial charge in [0.05, 0.1) is 6.54 Å². The van der Waals surface area contributed by atoms with Crippen molar-refractivity contribution in [1.82, 2.24) is 9.97 Å². The first kappa shape index (κ1) is 11.9. The summed E-state index contributed by atoms with van der Waals surface area (Å²) in [7, 11) is 0. The van der Waals surface area contributed by atoms with Crippen molar-refractivity contribution in [2.75, 3.05) is 23.9 Å². The summed E-state index contributed by atoms with van der Waals surface area (Å²) in [6.45, 7) is -0.390. The molecule has 0 amide bonds. The Morgan fingerprint density at radius 1 is 1.60 bits per heavy atom. The molecular formula is C8H10ClF2N3O. The molecular weight excluding hydrogens is 228 g/mol. The van der Waals surface area contributed by atoms with E-state index in [9.17, 15) is 13.6 Å². The van der Waals surface area contributed by atoms with Gasteiger partial charge in [-0.2, -0.15) is 0 Å². The second kappa shape index (κ2) is 5.65. The quantitative estimate of drug-likeness (QED) is 0.780. The topological polar surface area (TPSA) is 49.0 Å². The Hall–Kier alpha value is -1.17. The Morgan fingerprint density at radius 2 is 2.33 bits per heavy atom. The number of alkyl halides is 3. The van der Waals surface area contributed by atoms with Gasteiger partial charge in [-0.1, -0.05) is 0 Å². The normalized spacial score (nSPS) is 10.7. The lowest BCUT2D eigenvalue weighted by Crippen LogP contribution is -2.35. The lowest BCUT2D eigenvalue weighted by Gasteiger charge is -2.20. The van der Waals surface area contributed by atoms with E-state index in [1.54, 1.807) is 0 Å². The van der Waals surface area contributed by atoms with Crippen LogP contribution >= 0.6 is 11.6 Å². The number of aromatic nitrogens is 2. The Labute approximate surface area is 89.9 Å². The summed E-state index contributed by atoms with van der Waals surface area (Å²) in [5.41, 5.74) is -0.497. The highest BCUT2D eigenvalue weighted by Crippen LogP contribution is 2.06. The van der Waals surface area contributed by atoms with Gasteiger partial charge >= 0.3 is 0 Å². The molecule has 0 bridgehead atoms. The summed E-state index contributed by atoms with van der Waals surface area (Å²) in [5.74, 6) is 0.126. The van der Waals surface area contributed by atoms with Gasteiger partial charge in [0.15, 0.2) is 5.82 Å². The molecule has 1 aromatic heterocycles. The summed E-state index contributed by atoms with van der Waals surface area (Å²) in [4.78, 5) is 18.5. The predicted octanol–water partition coefficient (Wildman–Crippen LogP) is 1.08. The molecule has 0 saturated heterocycles. The first-order valence-electron chi connectivity index (χ1n) is 4.28. The van der Waals surface area contributed by atoms with Gasteiger partial charge in [-0.15, -0.1) is 11.6 Å². The number of halogens is 3. The molecule has 1 aromatic rings. The van der Waals surface area contributed by atoms with Crippen molar-refractivity contribution in [3.05, 3.63) is 22.7 Å². The van der Waals surface area contributed by atoms with Crippen LogP contribution in [-0.4, -0.2) is 35.4 Å². The molecule has 1 N–H and O–H groups in total. The van der Waals surface area contributed by atoms with Crippen LogP contribution < -0.4 is 10.5 Å². The van der Waals surface area contributed by atoms with Crippen LogP contribution in [-0.2, 0) is 0 Å². The Bertz CT molecular complexity index is 358. The number of rotatable bonds is 5. The van der Waals surface area contributed by atoms with Crippen molar-refractivity contribution in [2.45, 2.75) is 6.43 Å². The van der Waals surface area contributed by atoms with E-state index in [1.165, 1.54) is 12.4 Å². The van der Waals surface area contributed by atoms with E-state index in [1.807, 2.05) is 0 Å². The molecule has 84 valence electrons. The Balaban J connectivity index is 2.88. The third-order valence-electron chi connectivity index (χ3n) is 1.70. The van der Waals surface area contributed by atoms with Crippen LogP contribution in [0.5, 0.6) is 0 Å². The Morgan fingerprint density at radius 3 is 2.87 bits per heavy atom. The zero-order valence-electron chi connectivity index (χ0n) is 7.79. The van der Waals surface area contributed by atoms with Crippen LogP contribution in [0.1, 0.15) is 0 Å². The van der Waals surface area contributed by atoms with Gasteiger partial charge in [0.1, 0.15) is 0 Å². The van der Waals surface area contributed by atoms with Crippen molar-refractivity contribution in [3.8, 4) is 0 Å². The van der Waals surface area contributed by atoms with Gasteiger partial charge in [0.25, 0.3) is 12.0 Å². The monoisotopic (exact) mass is 237 g/mol. The van der Waals surface area contributed by atoms with E-state index in [4.69, 9.17) is 11.6 Å². The van der Waals surface area contributed by atoms with Crippen molar-refractivity contribution in [1.29, 1.82) is 0 Å². The molecule has 1 heterocycles. The van der Waals surface area contributed by atoms with Crippen LogP contribution in [0.3, 0.4) is 0 Å². The second-order valence-corrected chi connectivity index (χ2v) is 3.15. The molecule has 0 radical (unpaired) electrons. The first-order valence-corrected chi connectivity index (χ1v) is 4.81. The smallest absolute Gasteiger partial charge is 0.290 e. The number of aromatic amines is 1. The number of nitrogens with one attached hydrogen (secondary N) is 1. The van der Waals surface area contributed by atoms with Crippen molar-refractivity contribution < 1.29 is 8.78 Å². The Kier molecular flexibility index (Phi) is 4.48. The van der Waals surface area contributed by atoms with E-state index in [0.717, 1.165) is 4.90 Å². The highest BCUT2D eigenvalue weighted by atomic mass is 35.5. The molecule has 0 aliphatic carbocycles. The molecule has 0 saturated carbocycles. The SMILES string of the molecule is O=c1[nH]ccnc1N(CCCl)CC(F)F. The van der Waals surface area contributed by atoms with Crippen molar-refractivity contribution in [2.24, 2.45) is 0 Å². The molecule has 15 heavy (non-hydrogen) atoms. The zero-order chi connectivity index (χ0) is 11.3. The summed E-state index contributed by atoms with van der Waals surface area (Å²) in [6.07, 6.45) is 0.144. The summed E-state index contributed by atoms with van der Waals surface area (Å²) < 4.78 is 24.4. The van der Waals surface area contributed by atoms with Crippen LogP contribution in [0.25, 0.3) is 0 Å². The van der Waals surface area contributed by atoms with Crippen LogP contribution in [0, 0.1) is 0 Å². The van der Waals surface area contributed by atoms with Gasteiger partial charge in [-0.05, 0) is 0 Å². The highest BCUT2D eigenvalue weighted by molar-refractivity contribution is 6.18. The highest BCUT2D eigenvalue weighted by Gasteiger charge is 2.15. The van der Waals surface area contributed by atoms with Crippen LogP contribution in [0.15, 0.2) is 17.2 Å². The van der Waals surface area contributed by atoms with E-state index >= 15 is 0 Å². The molecule has 1 rings (SSSR count). The fourth-order valence-electron chi connectivity index (χ4n) is 1.12. The van der Waals surface area contributed by atoms with E-state index in [2.05, 4.69) is 9.97 Å². The summed E-state index contributed by atoms with van der Waals surface area (Å²) >= 11 is 5.46. The van der Waals surface area contributed by atoms with Gasteiger partial charge in [-0.3, -0.25) is 4.79 Å². The molecule has 7 heteroatoms. The van der Waals surface area contributed by atoms with E-state index in [0.29, 0.717) is 0 Å². The molecule has 0 spiro atoms. The van der Waals surface area contributed by atoms with Crippen molar-refractivity contribution >= 4 is 17.4 Å². The molecule has 0 fully saturated rings. The third-order valence-corrected chi connectivity index (χ3v) is 1.87. The lowest BCUT2D eigenvalue weighted by atomic mass is 10.4. The second-order valence-electron chi connectivity index (χ2n) is 2.77. The number of hydrogen-bond acceptors (Lipinski definition) is 3. The molecule has 4 nitrogen and oxygen atoms in total.